The summed E-state index contributed by atoms with van der Waals surface area (Å²) < 4.78 is 0. The lowest BCUT2D eigenvalue weighted by atomic mass is 10.0. The van der Waals surface area contributed by atoms with E-state index in [2.05, 4.69) is 21.9 Å². The summed E-state index contributed by atoms with van der Waals surface area (Å²) in [6, 6.07) is 7.76. The molecule has 0 N–H and O–H groups in total. The molecule has 1 aliphatic rings. The molecule has 4 heterocycles. The van der Waals surface area contributed by atoms with Crippen LogP contribution in [0.2, 0.25) is 0 Å². The first kappa shape index (κ1) is 14.3. The Morgan fingerprint density at radius 1 is 1.30 bits per heavy atom. The van der Waals surface area contributed by atoms with Crippen LogP contribution in [0.15, 0.2) is 42.9 Å². The molecule has 0 radical (unpaired) electrons. The van der Waals surface area contributed by atoms with Gasteiger partial charge < -0.3 is 4.90 Å². The van der Waals surface area contributed by atoms with E-state index in [1.807, 2.05) is 35.4 Å². The Morgan fingerprint density at radius 2 is 2.17 bits per heavy atom. The van der Waals surface area contributed by atoms with Gasteiger partial charge in [0.2, 0.25) is 0 Å². The van der Waals surface area contributed by atoms with Gasteiger partial charge in [0, 0.05) is 25.1 Å². The second kappa shape index (κ2) is 5.70. The molecule has 5 nitrogen and oxygen atoms in total. The second-order valence-corrected chi connectivity index (χ2v) is 6.92. The molecular weight excluding hydrogens is 308 g/mol. The highest BCUT2D eigenvalue weighted by molar-refractivity contribution is 7.19. The molecule has 6 heteroatoms. The van der Waals surface area contributed by atoms with E-state index in [1.165, 1.54) is 11.3 Å². The molecule has 1 aliphatic heterocycles. The molecule has 0 unspecified atom stereocenters. The molecule has 1 fully saturated rings. The maximum atomic E-state index is 13.0. The Kier molecular flexibility index (Phi) is 3.53. The Morgan fingerprint density at radius 3 is 2.96 bits per heavy atom. The van der Waals surface area contributed by atoms with E-state index in [0.717, 1.165) is 28.9 Å². The summed E-state index contributed by atoms with van der Waals surface area (Å²) in [7, 11) is 0. The van der Waals surface area contributed by atoms with Crippen molar-refractivity contribution >= 4 is 27.6 Å². The van der Waals surface area contributed by atoms with Crippen LogP contribution >= 0.6 is 11.3 Å². The predicted octanol–water partition coefficient (Wildman–Crippen LogP) is 3.31. The third kappa shape index (κ3) is 2.59. The number of hydrogen-bond acceptors (Lipinski definition) is 5. The molecule has 0 aliphatic carbocycles. The third-order valence-electron chi connectivity index (χ3n) is 4.19. The van der Waals surface area contributed by atoms with Gasteiger partial charge in [-0.2, -0.15) is 0 Å². The van der Waals surface area contributed by atoms with Crippen LogP contribution in [0.1, 0.15) is 34.8 Å². The summed E-state index contributed by atoms with van der Waals surface area (Å²) in [6.07, 6.45) is 6.29. The maximum Gasteiger partial charge on any atom is 0.283 e. The lowest BCUT2D eigenvalue weighted by Crippen LogP contribution is -2.31. The van der Waals surface area contributed by atoms with Crippen molar-refractivity contribution in [2.24, 2.45) is 5.92 Å². The van der Waals surface area contributed by atoms with Crippen LogP contribution in [0.25, 0.3) is 10.3 Å². The van der Waals surface area contributed by atoms with Crippen molar-refractivity contribution in [3.05, 3.63) is 53.4 Å². The molecule has 4 rings (SSSR count). The van der Waals surface area contributed by atoms with Crippen molar-refractivity contribution in [1.29, 1.82) is 0 Å². The third-order valence-corrected chi connectivity index (χ3v) is 5.16. The number of hydrogen-bond donors (Lipinski definition) is 0. The SMILES string of the molecule is C[C@@H]1C[C@H](c2cccnc2)N(C(=O)c2nc3cccnc3s2)C1. The Labute approximate surface area is 138 Å². The molecular formula is C17H16N4OS. The van der Waals surface area contributed by atoms with Crippen LogP contribution in [0.4, 0.5) is 0 Å². The summed E-state index contributed by atoms with van der Waals surface area (Å²) in [6.45, 7) is 2.93. The molecule has 0 bridgehead atoms. The van der Waals surface area contributed by atoms with E-state index in [9.17, 15) is 4.79 Å². The first-order valence-corrected chi connectivity index (χ1v) is 8.46. The number of aromatic nitrogens is 3. The highest BCUT2D eigenvalue weighted by Crippen LogP contribution is 2.36. The molecule has 0 saturated carbocycles. The van der Waals surface area contributed by atoms with Gasteiger partial charge in [-0.3, -0.25) is 9.78 Å². The largest absolute Gasteiger partial charge is 0.329 e. The maximum absolute atomic E-state index is 13.0. The average Bonchev–Trinajstić information content (AvgIpc) is 3.18. The van der Waals surface area contributed by atoms with Crippen molar-refractivity contribution in [2.45, 2.75) is 19.4 Å². The van der Waals surface area contributed by atoms with Gasteiger partial charge >= 0.3 is 0 Å². The number of fused-ring (bicyclic) bond motifs is 1. The number of pyridine rings is 2. The van der Waals surface area contributed by atoms with E-state index in [1.54, 1.807) is 12.4 Å². The summed E-state index contributed by atoms with van der Waals surface area (Å²) in [5, 5.41) is 0.515. The monoisotopic (exact) mass is 324 g/mol. The quantitative estimate of drug-likeness (QED) is 0.725. The number of amides is 1. The van der Waals surface area contributed by atoms with Gasteiger partial charge in [-0.1, -0.05) is 24.3 Å². The minimum atomic E-state index is -0.00815. The molecule has 116 valence electrons. The number of nitrogens with zero attached hydrogens (tertiary/aromatic N) is 4. The second-order valence-electron chi connectivity index (χ2n) is 5.95. The normalized spacial score (nSPS) is 21.0. The van der Waals surface area contributed by atoms with Gasteiger partial charge in [0.15, 0.2) is 5.01 Å². The molecule has 3 aromatic rings. The van der Waals surface area contributed by atoms with Crippen LogP contribution in [0, 0.1) is 5.92 Å². The topological polar surface area (TPSA) is 59.0 Å². The van der Waals surface area contributed by atoms with Crippen LogP contribution in [0.5, 0.6) is 0 Å². The van der Waals surface area contributed by atoms with Crippen molar-refractivity contribution in [3.63, 3.8) is 0 Å². The summed E-state index contributed by atoms with van der Waals surface area (Å²) in [5.41, 5.74) is 1.87. The zero-order chi connectivity index (χ0) is 15.8. The Hall–Kier alpha value is -2.34. The number of likely N-dealkylation sites (tertiary alicyclic amines) is 1. The van der Waals surface area contributed by atoms with E-state index < -0.39 is 0 Å². The van der Waals surface area contributed by atoms with Crippen molar-refractivity contribution in [1.82, 2.24) is 19.9 Å². The van der Waals surface area contributed by atoms with Gasteiger partial charge in [-0.15, -0.1) is 0 Å². The minimum absolute atomic E-state index is 0.00815. The highest BCUT2D eigenvalue weighted by Gasteiger charge is 2.35. The van der Waals surface area contributed by atoms with Gasteiger partial charge in [0.25, 0.3) is 5.91 Å². The van der Waals surface area contributed by atoms with Crippen LogP contribution in [-0.4, -0.2) is 32.3 Å². The molecule has 2 atom stereocenters. The van der Waals surface area contributed by atoms with E-state index in [4.69, 9.17) is 0 Å². The predicted molar refractivity (Wildman–Crippen MR) is 89.2 cm³/mol. The lowest BCUT2D eigenvalue weighted by Gasteiger charge is -2.23. The van der Waals surface area contributed by atoms with Gasteiger partial charge in [-0.05, 0) is 36.1 Å². The van der Waals surface area contributed by atoms with Gasteiger partial charge in [-0.25, -0.2) is 9.97 Å². The van der Waals surface area contributed by atoms with Crippen molar-refractivity contribution in [3.8, 4) is 0 Å². The summed E-state index contributed by atoms with van der Waals surface area (Å²) >= 11 is 1.36. The Balaban J connectivity index is 1.68. The molecule has 3 aromatic heterocycles. The molecule has 1 saturated heterocycles. The summed E-state index contributed by atoms with van der Waals surface area (Å²) in [4.78, 5) is 28.6. The van der Waals surface area contributed by atoms with Crippen molar-refractivity contribution in [2.75, 3.05) is 6.54 Å². The van der Waals surface area contributed by atoms with Crippen LogP contribution in [-0.2, 0) is 0 Å². The standard InChI is InChI=1S/C17H16N4OS/c1-11-8-14(12-4-2-6-18-9-12)21(10-11)17(22)16-20-13-5-3-7-19-15(13)23-16/h2-7,9,11,14H,8,10H2,1H3/t11-,14-/m1/s1. The zero-order valence-electron chi connectivity index (χ0n) is 12.7. The van der Waals surface area contributed by atoms with Crippen molar-refractivity contribution < 1.29 is 4.79 Å². The average molecular weight is 324 g/mol. The number of carbonyl (C=O) groups is 1. The van der Waals surface area contributed by atoms with Gasteiger partial charge in [0.05, 0.1) is 6.04 Å². The molecule has 23 heavy (non-hydrogen) atoms. The summed E-state index contributed by atoms with van der Waals surface area (Å²) in [5.74, 6) is 0.461. The molecule has 0 aromatic carbocycles. The van der Waals surface area contributed by atoms with E-state index in [0.29, 0.717) is 10.9 Å². The van der Waals surface area contributed by atoms with Crippen LogP contribution < -0.4 is 0 Å². The minimum Gasteiger partial charge on any atom is -0.329 e. The Bertz CT molecular complexity index is 815. The highest BCUT2D eigenvalue weighted by atomic mass is 32.1. The van der Waals surface area contributed by atoms with E-state index >= 15 is 0 Å². The number of thiazole rings is 1. The lowest BCUT2D eigenvalue weighted by molar-refractivity contribution is 0.0732. The fourth-order valence-electron chi connectivity index (χ4n) is 3.14. The first-order valence-electron chi connectivity index (χ1n) is 7.65. The smallest absolute Gasteiger partial charge is 0.283 e. The fourth-order valence-corrected chi connectivity index (χ4v) is 4.01. The number of carbonyl (C=O) groups excluding carboxylic acids is 1. The van der Waals surface area contributed by atoms with Gasteiger partial charge in [0.1, 0.15) is 10.3 Å². The first-order chi connectivity index (χ1) is 11.2. The number of rotatable bonds is 2. The fraction of sp³-hybridized carbons (Fsp3) is 0.294. The molecule has 1 amide bonds. The molecule has 0 spiro atoms. The van der Waals surface area contributed by atoms with Crippen LogP contribution in [0.3, 0.4) is 0 Å². The van der Waals surface area contributed by atoms with E-state index in [-0.39, 0.29) is 11.9 Å². The zero-order valence-corrected chi connectivity index (χ0v) is 13.5.